The molecule has 1 fully saturated rings. The van der Waals surface area contributed by atoms with Crippen LogP contribution in [0.15, 0.2) is 12.7 Å². The molecule has 1 rings (SSSR count). The van der Waals surface area contributed by atoms with Crippen molar-refractivity contribution in [3.05, 3.63) is 12.7 Å². The van der Waals surface area contributed by atoms with E-state index < -0.39 is 0 Å². The smallest absolute Gasteiger partial charge is 0.220 e. The number of hydrogen-bond donors (Lipinski definition) is 1. The van der Waals surface area contributed by atoms with E-state index in [1.165, 1.54) is 0 Å². The van der Waals surface area contributed by atoms with Gasteiger partial charge in [-0.25, -0.2) is 0 Å². The van der Waals surface area contributed by atoms with Crippen LogP contribution in [0.5, 0.6) is 0 Å². The van der Waals surface area contributed by atoms with Crippen molar-refractivity contribution in [3.63, 3.8) is 0 Å². The summed E-state index contributed by atoms with van der Waals surface area (Å²) >= 11 is 0. The van der Waals surface area contributed by atoms with Gasteiger partial charge >= 0.3 is 0 Å². The fourth-order valence-corrected chi connectivity index (χ4v) is 1.43. The van der Waals surface area contributed by atoms with Crippen LogP contribution in [-0.2, 0) is 4.79 Å². The highest BCUT2D eigenvalue weighted by Crippen LogP contribution is 2.45. The summed E-state index contributed by atoms with van der Waals surface area (Å²) in [6, 6.07) is 0. The monoisotopic (exact) mass is 139 g/mol. The Balaban J connectivity index is 2.43. The average molecular weight is 139 g/mol. The molecule has 2 N–H and O–H groups in total. The van der Waals surface area contributed by atoms with Crippen molar-refractivity contribution in [1.29, 1.82) is 0 Å². The Kier molecular flexibility index (Phi) is 1.55. The van der Waals surface area contributed by atoms with Gasteiger partial charge in [-0.3, -0.25) is 4.79 Å². The minimum absolute atomic E-state index is 0.1000. The van der Waals surface area contributed by atoms with Crippen molar-refractivity contribution < 1.29 is 4.79 Å². The molecule has 0 heterocycles. The van der Waals surface area contributed by atoms with Crippen molar-refractivity contribution in [2.45, 2.75) is 19.8 Å². The van der Waals surface area contributed by atoms with Gasteiger partial charge in [0.1, 0.15) is 0 Å². The van der Waals surface area contributed by atoms with E-state index in [0.717, 1.165) is 12.8 Å². The summed E-state index contributed by atoms with van der Waals surface area (Å²) in [7, 11) is 0. The van der Waals surface area contributed by atoms with Crippen LogP contribution in [0.3, 0.4) is 0 Å². The van der Waals surface area contributed by atoms with Gasteiger partial charge in [-0.1, -0.05) is 13.0 Å². The molecular weight excluding hydrogens is 126 g/mol. The number of carbonyl (C=O) groups is 1. The standard InChI is InChI=1S/C8H13NO/c1-3-8(2)4-6(5-8)7(9)10/h3,6H,1,4-5H2,2H3,(H2,9,10). The largest absolute Gasteiger partial charge is 0.369 e. The van der Waals surface area contributed by atoms with Crippen molar-refractivity contribution in [1.82, 2.24) is 0 Å². The van der Waals surface area contributed by atoms with Crippen LogP contribution in [0.2, 0.25) is 0 Å². The number of primary amides is 1. The molecule has 0 bridgehead atoms. The van der Waals surface area contributed by atoms with Gasteiger partial charge in [-0.15, -0.1) is 6.58 Å². The molecule has 0 unspecified atom stereocenters. The first-order valence-electron chi connectivity index (χ1n) is 3.50. The molecule has 0 aromatic carbocycles. The van der Waals surface area contributed by atoms with Crippen molar-refractivity contribution in [2.75, 3.05) is 0 Å². The summed E-state index contributed by atoms with van der Waals surface area (Å²) < 4.78 is 0. The lowest BCUT2D eigenvalue weighted by Gasteiger charge is -2.41. The van der Waals surface area contributed by atoms with Gasteiger partial charge in [0.05, 0.1) is 0 Å². The van der Waals surface area contributed by atoms with E-state index in [-0.39, 0.29) is 17.2 Å². The average Bonchev–Trinajstić information content (AvgIpc) is 1.80. The normalized spacial score (nSPS) is 38.3. The lowest BCUT2D eigenvalue weighted by atomic mass is 9.63. The molecule has 0 aliphatic heterocycles. The summed E-state index contributed by atoms with van der Waals surface area (Å²) in [5.41, 5.74) is 5.28. The zero-order valence-corrected chi connectivity index (χ0v) is 6.26. The topological polar surface area (TPSA) is 43.1 Å². The Bertz CT molecular complexity index is 168. The Morgan fingerprint density at radius 3 is 2.60 bits per heavy atom. The van der Waals surface area contributed by atoms with Crippen LogP contribution >= 0.6 is 0 Å². The van der Waals surface area contributed by atoms with Gasteiger partial charge in [0.2, 0.25) is 5.91 Å². The first kappa shape index (κ1) is 7.32. The Morgan fingerprint density at radius 2 is 2.30 bits per heavy atom. The van der Waals surface area contributed by atoms with Gasteiger partial charge < -0.3 is 5.73 Å². The molecule has 0 spiro atoms. The third kappa shape index (κ3) is 1.06. The number of hydrogen-bond acceptors (Lipinski definition) is 1. The zero-order chi connectivity index (χ0) is 7.78. The fraction of sp³-hybridized carbons (Fsp3) is 0.625. The third-order valence-electron chi connectivity index (χ3n) is 2.32. The molecule has 1 saturated carbocycles. The van der Waals surface area contributed by atoms with Crippen LogP contribution in [0.4, 0.5) is 0 Å². The fourth-order valence-electron chi connectivity index (χ4n) is 1.43. The van der Waals surface area contributed by atoms with E-state index in [0.29, 0.717) is 0 Å². The molecule has 1 aliphatic carbocycles. The molecule has 0 aromatic rings. The number of rotatable bonds is 2. The maximum Gasteiger partial charge on any atom is 0.220 e. The maximum absolute atomic E-state index is 10.6. The van der Waals surface area contributed by atoms with E-state index in [2.05, 4.69) is 13.5 Å². The van der Waals surface area contributed by atoms with Gasteiger partial charge in [0, 0.05) is 5.92 Å². The van der Waals surface area contributed by atoms with E-state index in [1.54, 1.807) is 0 Å². The van der Waals surface area contributed by atoms with Crippen LogP contribution < -0.4 is 5.73 Å². The van der Waals surface area contributed by atoms with Gasteiger partial charge in [0.25, 0.3) is 0 Å². The highest BCUT2D eigenvalue weighted by Gasteiger charge is 2.40. The summed E-state index contributed by atoms with van der Waals surface area (Å²) in [6.07, 6.45) is 3.67. The highest BCUT2D eigenvalue weighted by atomic mass is 16.1. The number of allylic oxidation sites excluding steroid dienone is 1. The number of carbonyl (C=O) groups excluding carboxylic acids is 1. The predicted octanol–water partition coefficient (Wildman–Crippen LogP) is 1.07. The summed E-state index contributed by atoms with van der Waals surface area (Å²) in [6.45, 7) is 5.79. The molecular formula is C8H13NO. The Hall–Kier alpha value is -0.790. The molecule has 0 saturated heterocycles. The Morgan fingerprint density at radius 1 is 1.80 bits per heavy atom. The van der Waals surface area contributed by atoms with Crippen LogP contribution in [0.1, 0.15) is 19.8 Å². The molecule has 0 aromatic heterocycles. The second-order valence-electron chi connectivity index (χ2n) is 3.37. The van der Waals surface area contributed by atoms with Crippen LogP contribution in [0.25, 0.3) is 0 Å². The van der Waals surface area contributed by atoms with Crippen LogP contribution in [-0.4, -0.2) is 5.91 Å². The molecule has 56 valence electrons. The first-order valence-corrected chi connectivity index (χ1v) is 3.50. The highest BCUT2D eigenvalue weighted by molar-refractivity contribution is 5.77. The number of nitrogens with two attached hydrogens (primary N) is 1. The van der Waals surface area contributed by atoms with Gasteiger partial charge in [-0.2, -0.15) is 0 Å². The minimum atomic E-state index is -0.167. The quantitative estimate of drug-likeness (QED) is 0.571. The predicted molar refractivity (Wildman–Crippen MR) is 40.2 cm³/mol. The molecule has 0 atom stereocenters. The summed E-state index contributed by atoms with van der Waals surface area (Å²) in [5, 5.41) is 0. The lowest BCUT2D eigenvalue weighted by molar-refractivity contribution is -0.127. The molecule has 2 nitrogen and oxygen atoms in total. The second-order valence-corrected chi connectivity index (χ2v) is 3.37. The van der Waals surface area contributed by atoms with Crippen LogP contribution in [0, 0.1) is 11.3 Å². The number of amides is 1. The molecule has 10 heavy (non-hydrogen) atoms. The minimum Gasteiger partial charge on any atom is -0.369 e. The van der Waals surface area contributed by atoms with Crippen molar-refractivity contribution in [2.24, 2.45) is 17.1 Å². The van der Waals surface area contributed by atoms with E-state index in [4.69, 9.17) is 5.73 Å². The van der Waals surface area contributed by atoms with E-state index in [1.807, 2.05) is 6.08 Å². The first-order chi connectivity index (χ1) is 4.57. The molecule has 1 amide bonds. The van der Waals surface area contributed by atoms with Gasteiger partial charge in [-0.05, 0) is 18.3 Å². The molecule has 0 radical (unpaired) electrons. The van der Waals surface area contributed by atoms with Crippen molar-refractivity contribution >= 4 is 5.91 Å². The lowest BCUT2D eigenvalue weighted by Crippen LogP contribution is -2.40. The van der Waals surface area contributed by atoms with E-state index in [9.17, 15) is 4.79 Å². The summed E-state index contributed by atoms with van der Waals surface area (Å²) in [5.74, 6) is -0.0673. The van der Waals surface area contributed by atoms with Gasteiger partial charge in [0.15, 0.2) is 0 Å². The SMILES string of the molecule is C=CC1(C)CC(C(N)=O)C1. The molecule has 2 heteroatoms. The third-order valence-corrected chi connectivity index (χ3v) is 2.32. The maximum atomic E-state index is 10.6. The summed E-state index contributed by atoms with van der Waals surface area (Å²) in [4.78, 5) is 10.6. The zero-order valence-electron chi connectivity index (χ0n) is 6.26. The van der Waals surface area contributed by atoms with Crippen molar-refractivity contribution in [3.8, 4) is 0 Å². The Labute approximate surface area is 61.1 Å². The molecule has 1 aliphatic rings. The second kappa shape index (κ2) is 2.11. The van der Waals surface area contributed by atoms with E-state index >= 15 is 0 Å².